The summed E-state index contributed by atoms with van der Waals surface area (Å²) in [5.41, 5.74) is 4.86. The number of benzene rings is 2. The van der Waals surface area contributed by atoms with Crippen LogP contribution in [0.5, 0.6) is 5.75 Å². The third-order valence-electron chi connectivity index (χ3n) is 6.00. The molecule has 5 nitrogen and oxygen atoms in total. The molecule has 1 heterocycles. The van der Waals surface area contributed by atoms with Gasteiger partial charge in [0, 0.05) is 29.9 Å². The van der Waals surface area contributed by atoms with Gasteiger partial charge < -0.3 is 9.64 Å². The van der Waals surface area contributed by atoms with Crippen molar-refractivity contribution in [2.45, 2.75) is 51.2 Å². The van der Waals surface area contributed by atoms with Gasteiger partial charge in [-0.05, 0) is 49.4 Å². The van der Waals surface area contributed by atoms with Crippen molar-refractivity contribution in [3.8, 4) is 5.75 Å². The van der Waals surface area contributed by atoms with Gasteiger partial charge in [-0.25, -0.2) is 5.43 Å². The Morgan fingerprint density at radius 1 is 1.31 bits per heavy atom. The minimum Gasteiger partial charge on any atom is -0.496 e. The minimum absolute atomic E-state index is 0.0183. The van der Waals surface area contributed by atoms with Crippen molar-refractivity contribution in [3.05, 3.63) is 58.7 Å². The first-order valence-corrected chi connectivity index (χ1v) is 10.4. The zero-order valence-corrected chi connectivity index (χ0v) is 18.9. The fraction of sp³-hybridized carbons (Fsp3) is 0.417. The quantitative estimate of drug-likeness (QED) is 0.511. The zero-order valence-electron chi connectivity index (χ0n) is 18.9. The molecule has 0 radical (unpaired) electrons. The van der Waals surface area contributed by atoms with E-state index in [0.29, 0.717) is 17.2 Å². The average molecular weight is 448 g/mol. The molecule has 1 unspecified atom stereocenters. The third-order valence-corrected chi connectivity index (χ3v) is 6.00. The summed E-state index contributed by atoms with van der Waals surface area (Å²) in [6.45, 7) is 6.58. The Kier molecular flexibility index (Phi) is 6.53. The molecule has 172 valence electrons. The van der Waals surface area contributed by atoms with E-state index in [1.54, 1.807) is 7.11 Å². The van der Waals surface area contributed by atoms with E-state index < -0.39 is 17.6 Å². The maximum atomic E-state index is 12.8. The van der Waals surface area contributed by atoms with E-state index in [4.69, 9.17) is 4.74 Å². The lowest BCUT2D eigenvalue weighted by Crippen LogP contribution is -2.45. The molecular weight excluding hydrogens is 419 g/mol. The van der Waals surface area contributed by atoms with Crippen molar-refractivity contribution in [2.24, 2.45) is 5.10 Å². The highest BCUT2D eigenvalue weighted by Gasteiger charge is 2.35. The van der Waals surface area contributed by atoms with Crippen LogP contribution in [0.15, 0.2) is 41.5 Å². The number of rotatable bonds is 5. The van der Waals surface area contributed by atoms with E-state index in [1.807, 2.05) is 12.1 Å². The molecule has 0 saturated heterocycles. The molecule has 32 heavy (non-hydrogen) atoms. The molecule has 2 aromatic carbocycles. The van der Waals surface area contributed by atoms with Crippen LogP contribution in [0.4, 0.5) is 18.9 Å². The van der Waals surface area contributed by atoms with Crippen molar-refractivity contribution in [2.75, 3.05) is 19.1 Å². The van der Waals surface area contributed by atoms with Crippen LogP contribution >= 0.6 is 0 Å². The van der Waals surface area contributed by atoms with Crippen LogP contribution < -0.4 is 15.1 Å². The van der Waals surface area contributed by atoms with Crippen molar-refractivity contribution >= 4 is 17.8 Å². The monoisotopic (exact) mass is 447 g/mol. The second-order valence-electron chi connectivity index (χ2n) is 8.80. The first-order valence-electron chi connectivity index (χ1n) is 10.4. The van der Waals surface area contributed by atoms with Crippen LogP contribution in [0.1, 0.15) is 55.4 Å². The second kappa shape index (κ2) is 8.84. The highest BCUT2D eigenvalue weighted by atomic mass is 19.4. The van der Waals surface area contributed by atoms with Gasteiger partial charge in [-0.1, -0.05) is 25.1 Å². The SMILES string of the molecule is COc1cc2c(cc1/C=N/NC(=O)Cc1cccc(C(F)(F)F)c1)C(C)CC(C)(C)N2C. The number of anilines is 1. The Bertz CT molecular complexity index is 1030. The van der Waals surface area contributed by atoms with E-state index >= 15 is 0 Å². The number of carbonyl (C=O) groups is 1. The van der Waals surface area contributed by atoms with Gasteiger partial charge in [0.2, 0.25) is 5.91 Å². The van der Waals surface area contributed by atoms with E-state index in [0.717, 1.165) is 24.2 Å². The van der Waals surface area contributed by atoms with Crippen molar-refractivity contribution < 1.29 is 22.7 Å². The largest absolute Gasteiger partial charge is 0.496 e. The lowest BCUT2D eigenvalue weighted by molar-refractivity contribution is -0.137. The Morgan fingerprint density at radius 2 is 2.03 bits per heavy atom. The van der Waals surface area contributed by atoms with Crippen LogP contribution in [0.3, 0.4) is 0 Å². The molecule has 1 aliphatic heterocycles. The molecule has 3 rings (SSSR count). The van der Waals surface area contributed by atoms with Crippen molar-refractivity contribution in [1.29, 1.82) is 0 Å². The summed E-state index contributed by atoms with van der Waals surface area (Å²) in [6, 6.07) is 8.68. The van der Waals surface area contributed by atoms with Crippen molar-refractivity contribution in [1.82, 2.24) is 5.43 Å². The summed E-state index contributed by atoms with van der Waals surface area (Å²) in [6.07, 6.45) is -2.17. The lowest BCUT2D eigenvalue weighted by atomic mass is 9.80. The highest BCUT2D eigenvalue weighted by molar-refractivity contribution is 5.87. The fourth-order valence-corrected chi connectivity index (χ4v) is 4.14. The van der Waals surface area contributed by atoms with Gasteiger partial charge >= 0.3 is 6.18 Å². The first kappa shape index (κ1) is 23.6. The van der Waals surface area contributed by atoms with Crippen molar-refractivity contribution in [3.63, 3.8) is 0 Å². The van der Waals surface area contributed by atoms with E-state index in [9.17, 15) is 18.0 Å². The van der Waals surface area contributed by atoms with E-state index in [1.165, 1.54) is 23.9 Å². The minimum atomic E-state index is -4.45. The molecule has 1 atom stereocenters. The molecule has 1 amide bonds. The van der Waals surface area contributed by atoms with Crippen LogP contribution in [-0.2, 0) is 17.4 Å². The number of hydrogen-bond acceptors (Lipinski definition) is 4. The van der Waals surface area contributed by atoms with Crippen LogP contribution in [0.2, 0.25) is 0 Å². The lowest BCUT2D eigenvalue weighted by Gasteiger charge is -2.45. The summed E-state index contributed by atoms with van der Waals surface area (Å²) in [5, 5.41) is 4.00. The molecule has 1 aliphatic rings. The number of hydrogen-bond donors (Lipinski definition) is 1. The number of carbonyl (C=O) groups excluding carboxylic acids is 1. The standard InChI is InChI=1S/C24H28F3N3O2/c1-15-13-23(2,3)30(4)20-12-21(32-5)17(11-19(15)20)14-28-29-22(31)10-16-7-6-8-18(9-16)24(25,26)27/h6-9,11-12,14-15H,10,13H2,1-5H3,(H,29,31)/b28-14+. The van der Waals surface area contributed by atoms with Crippen LogP contribution in [-0.4, -0.2) is 31.8 Å². The Labute approximate surface area is 186 Å². The predicted octanol–water partition coefficient (Wildman–Crippen LogP) is 5.13. The van der Waals surface area contributed by atoms with Gasteiger partial charge in [-0.2, -0.15) is 18.3 Å². The maximum Gasteiger partial charge on any atom is 0.416 e. The molecule has 0 saturated carbocycles. The molecule has 0 aromatic heterocycles. The molecule has 1 N–H and O–H groups in total. The second-order valence-corrected chi connectivity index (χ2v) is 8.80. The number of methoxy groups -OCH3 is 1. The van der Waals surface area contributed by atoms with Gasteiger partial charge in [0.1, 0.15) is 5.75 Å². The fourth-order valence-electron chi connectivity index (χ4n) is 4.14. The number of nitrogens with zero attached hydrogens (tertiary/aromatic N) is 2. The molecule has 0 fully saturated rings. The predicted molar refractivity (Wildman–Crippen MR) is 119 cm³/mol. The molecule has 0 bridgehead atoms. The molecule has 8 heteroatoms. The van der Waals surface area contributed by atoms with Gasteiger partial charge in [0.15, 0.2) is 0 Å². The number of fused-ring (bicyclic) bond motifs is 1. The maximum absolute atomic E-state index is 12.8. The summed E-state index contributed by atoms with van der Waals surface area (Å²) in [7, 11) is 3.63. The Balaban J connectivity index is 1.74. The zero-order chi connectivity index (χ0) is 23.7. The number of amides is 1. The average Bonchev–Trinajstić information content (AvgIpc) is 2.71. The molecule has 2 aromatic rings. The Morgan fingerprint density at radius 3 is 2.69 bits per heavy atom. The number of nitrogens with one attached hydrogen (secondary N) is 1. The summed E-state index contributed by atoms with van der Waals surface area (Å²) < 4.78 is 44.1. The summed E-state index contributed by atoms with van der Waals surface area (Å²) in [4.78, 5) is 14.4. The van der Waals surface area contributed by atoms with Crippen LogP contribution in [0.25, 0.3) is 0 Å². The molecule has 0 spiro atoms. The normalized spacial score (nSPS) is 17.9. The van der Waals surface area contributed by atoms with Gasteiger partial charge in [0.05, 0.1) is 25.3 Å². The van der Waals surface area contributed by atoms with E-state index in [2.05, 4.69) is 43.2 Å². The van der Waals surface area contributed by atoms with Gasteiger partial charge in [-0.15, -0.1) is 0 Å². The topological polar surface area (TPSA) is 53.9 Å². The number of halogens is 3. The summed E-state index contributed by atoms with van der Waals surface area (Å²) in [5.74, 6) is 0.452. The van der Waals surface area contributed by atoms with Crippen LogP contribution in [0, 0.1) is 0 Å². The smallest absolute Gasteiger partial charge is 0.416 e. The molecular formula is C24H28F3N3O2. The Hall–Kier alpha value is -3.03. The number of alkyl halides is 3. The van der Waals surface area contributed by atoms with Gasteiger partial charge in [-0.3, -0.25) is 4.79 Å². The number of ether oxygens (including phenoxy) is 1. The van der Waals surface area contributed by atoms with E-state index in [-0.39, 0.29) is 17.5 Å². The number of hydrazone groups is 1. The summed E-state index contributed by atoms with van der Waals surface area (Å²) >= 11 is 0. The molecule has 0 aliphatic carbocycles. The highest BCUT2D eigenvalue weighted by Crippen LogP contribution is 2.44. The first-order chi connectivity index (χ1) is 14.9. The third kappa shape index (κ3) is 5.06. The van der Waals surface area contributed by atoms with Gasteiger partial charge in [0.25, 0.3) is 0 Å².